The predicted octanol–water partition coefficient (Wildman–Crippen LogP) is 2.45. The van der Waals surface area contributed by atoms with E-state index in [1.807, 2.05) is 0 Å². The van der Waals surface area contributed by atoms with Crippen molar-refractivity contribution >= 4 is 28.3 Å². The molecule has 1 aromatic rings. The third-order valence-corrected chi connectivity index (χ3v) is 7.04. The summed E-state index contributed by atoms with van der Waals surface area (Å²) in [6.45, 7) is 17.2. The second-order valence-electron chi connectivity index (χ2n) is 9.60. The maximum atomic E-state index is 13.4. The molecule has 2 amide bonds. The molecule has 1 aromatic heterocycles. The van der Waals surface area contributed by atoms with Gasteiger partial charge in [0.15, 0.2) is 5.69 Å². The van der Waals surface area contributed by atoms with Crippen molar-refractivity contribution < 1.29 is 23.8 Å². The van der Waals surface area contributed by atoms with Crippen LogP contribution in [0, 0.1) is 0 Å². The van der Waals surface area contributed by atoms with Crippen molar-refractivity contribution in [2.75, 3.05) is 64.1 Å². The van der Waals surface area contributed by atoms with Gasteiger partial charge in [0, 0.05) is 32.7 Å². The summed E-state index contributed by atoms with van der Waals surface area (Å²) in [5, 5.41) is 2.84. The van der Waals surface area contributed by atoms with Crippen LogP contribution in [0.3, 0.4) is 0 Å². The number of rotatable bonds is 5. The molecule has 186 valence electrons. The first-order valence-corrected chi connectivity index (χ1v) is 12.3. The highest BCUT2D eigenvalue weighted by Crippen LogP contribution is 2.38. The van der Waals surface area contributed by atoms with Gasteiger partial charge in [-0.1, -0.05) is 11.3 Å². The van der Waals surface area contributed by atoms with Crippen LogP contribution in [0.5, 0.6) is 0 Å². The van der Waals surface area contributed by atoms with Crippen LogP contribution >= 0.6 is 11.3 Å². The molecule has 0 spiro atoms. The molecule has 0 atom stereocenters. The molecule has 0 saturated carbocycles. The molecule has 0 aromatic carbocycles. The number of morpholine rings is 2. The number of nitrogens with zero attached hydrogens (tertiary/aromatic N) is 4. The van der Waals surface area contributed by atoms with Crippen molar-refractivity contribution in [3.05, 3.63) is 10.7 Å². The Hall–Kier alpha value is -1.95. The minimum atomic E-state index is -0.663. The summed E-state index contributed by atoms with van der Waals surface area (Å²) in [5.41, 5.74) is 2.00. The average molecular weight is 484 g/mol. The zero-order chi connectivity index (χ0) is 24.2. The number of anilines is 1. The lowest BCUT2D eigenvalue weighted by atomic mass is 10.0. The monoisotopic (exact) mass is 483 g/mol. The van der Waals surface area contributed by atoms with E-state index in [2.05, 4.69) is 29.1 Å². The molecule has 2 aliphatic heterocycles. The van der Waals surface area contributed by atoms with Gasteiger partial charge in [-0.3, -0.25) is 15.1 Å². The SMILES string of the molecule is CCN(NC(=O)c1nc(C(C)(C)N2CCOCC2)sc1N1CCOCC1)C(=O)OC(C)(C)C. The third-order valence-electron chi connectivity index (χ3n) is 5.61. The van der Waals surface area contributed by atoms with E-state index in [-0.39, 0.29) is 12.1 Å². The van der Waals surface area contributed by atoms with Crippen LogP contribution in [0.1, 0.15) is 57.0 Å². The van der Waals surface area contributed by atoms with Crippen molar-refractivity contribution in [2.24, 2.45) is 0 Å². The number of amides is 2. The molecule has 0 bridgehead atoms. The normalized spacial score (nSPS) is 18.2. The smallest absolute Gasteiger partial charge is 0.429 e. The Kier molecular flexibility index (Phi) is 8.20. The third kappa shape index (κ3) is 6.34. The quantitative estimate of drug-likeness (QED) is 0.638. The maximum Gasteiger partial charge on any atom is 0.429 e. The molecule has 2 saturated heterocycles. The summed E-state index contributed by atoms with van der Waals surface area (Å²) in [4.78, 5) is 35.2. The predicted molar refractivity (Wildman–Crippen MR) is 127 cm³/mol. The summed E-state index contributed by atoms with van der Waals surface area (Å²) < 4.78 is 16.4. The molecule has 0 unspecified atom stereocenters. The topological polar surface area (TPSA) is 96.5 Å². The van der Waals surface area contributed by atoms with Gasteiger partial charge >= 0.3 is 6.09 Å². The molecule has 3 rings (SSSR count). The highest BCUT2D eigenvalue weighted by molar-refractivity contribution is 7.16. The van der Waals surface area contributed by atoms with Crippen LogP contribution in [0.2, 0.25) is 0 Å². The number of hydrazine groups is 1. The molecule has 2 aliphatic rings. The second kappa shape index (κ2) is 10.5. The number of aromatic nitrogens is 1. The summed E-state index contributed by atoms with van der Waals surface area (Å²) in [5.74, 6) is -0.426. The van der Waals surface area contributed by atoms with Crippen molar-refractivity contribution in [2.45, 2.75) is 52.7 Å². The van der Waals surface area contributed by atoms with Gasteiger partial charge in [0.25, 0.3) is 5.91 Å². The average Bonchev–Trinajstić information content (AvgIpc) is 3.24. The lowest BCUT2D eigenvalue weighted by Crippen LogP contribution is -2.49. The molecular formula is C22H37N5O5S. The summed E-state index contributed by atoms with van der Waals surface area (Å²) in [6, 6.07) is 0. The first-order chi connectivity index (χ1) is 15.5. The zero-order valence-electron chi connectivity index (χ0n) is 20.6. The van der Waals surface area contributed by atoms with Crippen molar-refractivity contribution in [3.63, 3.8) is 0 Å². The van der Waals surface area contributed by atoms with E-state index in [9.17, 15) is 9.59 Å². The van der Waals surface area contributed by atoms with Gasteiger partial charge in [0.2, 0.25) is 0 Å². The fourth-order valence-corrected chi connectivity index (χ4v) is 4.95. The first-order valence-electron chi connectivity index (χ1n) is 11.5. The minimum Gasteiger partial charge on any atom is -0.442 e. The Balaban J connectivity index is 1.88. The first kappa shape index (κ1) is 25.7. The molecule has 33 heavy (non-hydrogen) atoms. The van der Waals surface area contributed by atoms with Crippen LogP contribution in [-0.4, -0.2) is 91.6 Å². The Morgan fingerprint density at radius 1 is 1.06 bits per heavy atom. The summed E-state index contributed by atoms with van der Waals surface area (Å²) >= 11 is 1.53. The van der Waals surface area contributed by atoms with Gasteiger partial charge in [0.1, 0.15) is 15.6 Å². The summed E-state index contributed by atoms with van der Waals surface area (Å²) in [6.07, 6.45) is -0.602. The molecule has 0 aliphatic carbocycles. The molecular weight excluding hydrogens is 446 g/mol. The number of hydrogen-bond acceptors (Lipinski definition) is 9. The van der Waals surface area contributed by atoms with Gasteiger partial charge in [-0.15, -0.1) is 0 Å². The van der Waals surface area contributed by atoms with Crippen LogP contribution < -0.4 is 10.3 Å². The van der Waals surface area contributed by atoms with Gasteiger partial charge < -0.3 is 19.1 Å². The lowest BCUT2D eigenvalue weighted by molar-refractivity contribution is -0.0119. The van der Waals surface area contributed by atoms with Crippen LogP contribution in [0.4, 0.5) is 9.80 Å². The van der Waals surface area contributed by atoms with E-state index in [1.165, 1.54) is 16.3 Å². The molecule has 3 heterocycles. The van der Waals surface area contributed by atoms with Crippen LogP contribution in [0.15, 0.2) is 0 Å². The number of nitrogens with one attached hydrogen (secondary N) is 1. The Morgan fingerprint density at radius 2 is 1.64 bits per heavy atom. The van der Waals surface area contributed by atoms with E-state index in [1.54, 1.807) is 27.7 Å². The molecule has 0 radical (unpaired) electrons. The largest absolute Gasteiger partial charge is 0.442 e. The highest BCUT2D eigenvalue weighted by Gasteiger charge is 2.36. The number of thiazole rings is 1. The number of hydrogen-bond donors (Lipinski definition) is 1. The Labute approximate surface area is 200 Å². The van der Waals surface area contributed by atoms with E-state index >= 15 is 0 Å². The maximum absolute atomic E-state index is 13.4. The molecule has 1 N–H and O–H groups in total. The van der Waals surface area contributed by atoms with Gasteiger partial charge in [0.05, 0.1) is 32.0 Å². The minimum absolute atomic E-state index is 0.268. The number of carbonyl (C=O) groups is 2. The fourth-order valence-electron chi connectivity index (χ4n) is 3.71. The van der Waals surface area contributed by atoms with E-state index in [4.69, 9.17) is 19.2 Å². The molecule has 2 fully saturated rings. The summed E-state index contributed by atoms with van der Waals surface area (Å²) in [7, 11) is 0. The lowest BCUT2D eigenvalue weighted by Gasteiger charge is -2.39. The Bertz CT molecular complexity index is 826. The molecule has 11 heteroatoms. The second-order valence-corrected chi connectivity index (χ2v) is 10.6. The van der Waals surface area contributed by atoms with Gasteiger partial charge in [-0.2, -0.15) is 0 Å². The van der Waals surface area contributed by atoms with Crippen LogP contribution in [0.25, 0.3) is 0 Å². The zero-order valence-corrected chi connectivity index (χ0v) is 21.4. The van der Waals surface area contributed by atoms with Gasteiger partial charge in [-0.25, -0.2) is 14.8 Å². The standard InChI is InChI=1S/C22H37N5O5S/c1-7-27(20(29)32-21(2,3)4)24-17(28)16-18(25-8-12-30-13-9-25)33-19(23-16)22(5,6)26-10-14-31-15-11-26/h7-15H2,1-6H3,(H,24,28). The van der Waals surface area contributed by atoms with Gasteiger partial charge in [-0.05, 0) is 41.5 Å². The van der Waals surface area contributed by atoms with E-state index in [0.29, 0.717) is 45.2 Å². The van der Waals surface area contributed by atoms with E-state index < -0.39 is 17.6 Å². The van der Waals surface area contributed by atoms with Crippen molar-refractivity contribution in [3.8, 4) is 0 Å². The van der Waals surface area contributed by atoms with Crippen LogP contribution in [-0.2, 0) is 19.7 Å². The van der Waals surface area contributed by atoms with Crippen molar-refractivity contribution in [1.29, 1.82) is 0 Å². The number of carbonyl (C=O) groups excluding carboxylic acids is 2. The number of ether oxygens (including phenoxy) is 3. The fraction of sp³-hybridized carbons (Fsp3) is 0.773. The van der Waals surface area contributed by atoms with Crippen molar-refractivity contribution in [1.82, 2.24) is 20.3 Å². The highest BCUT2D eigenvalue weighted by atomic mass is 32.1. The van der Waals surface area contributed by atoms with E-state index in [0.717, 1.165) is 23.1 Å². The Morgan fingerprint density at radius 3 is 2.18 bits per heavy atom. The molecule has 10 nitrogen and oxygen atoms in total.